The molecule has 4 rings (SSSR count). The highest BCUT2D eigenvalue weighted by atomic mass is 32.1. The van der Waals surface area contributed by atoms with Crippen LogP contribution in [0.2, 0.25) is 0 Å². The first-order valence-electron chi connectivity index (χ1n) is 9.36. The Labute approximate surface area is 191 Å². The van der Waals surface area contributed by atoms with Crippen LogP contribution in [0.25, 0.3) is 21.6 Å². The molecule has 34 heavy (non-hydrogen) atoms. The molecule has 0 amide bonds. The summed E-state index contributed by atoms with van der Waals surface area (Å²) in [6.45, 7) is 1.58. The Morgan fingerprint density at radius 3 is 2.35 bits per heavy atom. The number of anilines is 1. The Kier molecular flexibility index (Phi) is 5.82. The van der Waals surface area contributed by atoms with E-state index in [1.54, 1.807) is 6.92 Å². The summed E-state index contributed by atoms with van der Waals surface area (Å²) in [4.78, 5) is 20.4. The van der Waals surface area contributed by atoms with Crippen LogP contribution in [-0.2, 0) is 12.4 Å². The lowest BCUT2D eigenvalue weighted by Crippen LogP contribution is -2.15. The quantitative estimate of drug-likeness (QED) is 0.367. The standard InChI is InChI=1S/C20H11F6N7S/c1-9(14-16(29-3-2-28-14)18-30-7-11(6-27)34-18)33-17-12-4-10(19(21,22)23)5-13(20(24,25)26)15(12)31-8-32-17/h2-5,7-9H,1H3,(H,31,32,33). The molecular formula is C20H11F6N7S. The number of fused-ring (bicyclic) bond motifs is 1. The van der Waals surface area contributed by atoms with Crippen LogP contribution < -0.4 is 5.32 Å². The van der Waals surface area contributed by atoms with Gasteiger partial charge in [-0.2, -0.15) is 31.6 Å². The van der Waals surface area contributed by atoms with Gasteiger partial charge in [-0.3, -0.25) is 9.97 Å². The molecule has 3 heterocycles. The molecular weight excluding hydrogens is 484 g/mol. The number of alkyl halides is 6. The van der Waals surface area contributed by atoms with Gasteiger partial charge in [0.25, 0.3) is 0 Å². The average Bonchev–Trinajstić information content (AvgIpc) is 3.26. The van der Waals surface area contributed by atoms with Crippen molar-refractivity contribution in [1.29, 1.82) is 5.26 Å². The summed E-state index contributed by atoms with van der Waals surface area (Å²) in [6, 6.07) is 1.78. The van der Waals surface area contributed by atoms with Crippen molar-refractivity contribution in [2.45, 2.75) is 25.3 Å². The number of nitriles is 1. The molecule has 0 aliphatic heterocycles. The second-order valence-corrected chi connectivity index (χ2v) is 7.97. The summed E-state index contributed by atoms with van der Waals surface area (Å²) in [5, 5.41) is 11.8. The molecule has 1 unspecified atom stereocenters. The maximum absolute atomic E-state index is 13.5. The lowest BCUT2D eigenvalue weighted by atomic mass is 10.0. The molecule has 3 aromatic heterocycles. The monoisotopic (exact) mass is 495 g/mol. The summed E-state index contributed by atoms with van der Waals surface area (Å²) < 4.78 is 80.6. The lowest BCUT2D eigenvalue weighted by molar-refractivity contribution is -0.142. The van der Waals surface area contributed by atoms with Crippen LogP contribution in [0, 0.1) is 11.3 Å². The largest absolute Gasteiger partial charge is 0.418 e. The molecule has 1 aromatic carbocycles. The first-order valence-corrected chi connectivity index (χ1v) is 10.2. The molecule has 0 bridgehead atoms. The Morgan fingerprint density at radius 2 is 1.71 bits per heavy atom. The minimum atomic E-state index is -5.07. The number of hydrogen-bond donors (Lipinski definition) is 1. The molecule has 1 N–H and O–H groups in total. The SMILES string of the molecule is CC(Nc1ncnc2c(C(F)(F)F)cc(C(F)(F)F)cc12)c1nccnc1-c1ncc(C#N)s1. The molecule has 0 saturated heterocycles. The normalized spacial score (nSPS) is 13.0. The maximum atomic E-state index is 13.5. The number of aromatic nitrogens is 5. The molecule has 4 aromatic rings. The second-order valence-electron chi connectivity index (χ2n) is 6.94. The third kappa shape index (κ3) is 4.46. The molecule has 14 heteroatoms. The number of nitrogens with zero attached hydrogens (tertiary/aromatic N) is 6. The van der Waals surface area contributed by atoms with Crippen molar-refractivity contribution in [3.8, 4) is 16.8 Å². The fraction of sp³-hybridized carbons (Fsp3) is 0.200. The van der Waals surface area contributed by atoms with E-state index in [9.17, 15) is 26.3 Å². The second kappa shape index (κ2) is 8.49. The molecule has 0 aliphatic carbocycles. The van der Waals surface area contributed by atoms with Crippen molar-refractivity contribution in [2.24, 2.45) is 0 Å². The van der Waals surface area contributed by atoms with Crippen molar-refractivity contribution in [1.82, 2.24) is 24.9 Å². The Hall–Kier alpha value is -3.86. The average molecular weight is 495 g/mol. The highest BCUT2D eigenvalue weighted by Gasteiger charge is 2.39. The van der Waals surface area contributed by atoms with Gasteiger partial charge in [-0.15, -0.1) is 11.3 Å². The smallest absolute Gasteiger partial charge is 0.361 e. The predicted molar refractivity (Wildman–Crippen MR) is 109 cm³/mol. The highest BCUT2D eigenvalue weighted by Crippen LogP contribution is 2.41. The van der Waals surface area contributed by atoms with Crippen molar-refractivity contribution in [3.05, 3.63) is 58.7 Å². The minimum absolute atomic E-state index is 0.0263. The van der Waals surface area contributed by atoms with Crippen molar-refractivity contribution < 1.29 is 26.3 Å². The summed E-state index contributed by atoms with van der Waals surface area (Å²) in [5.74, 6) is -0.248. The molecule has 0 aliphatic rings. The number of nitrogens with one attached hydrogen (secondary N) is 1. The van der Waals surface area contributed by atoms with Gasteiger partial charge < -0.3 is 5.32 Å². The minimum Gasteiger partial charge on any atom is -0.361 e. The van der Waals surface area contributed by atoms with E-state index in [2.05, 4.69) is 30.2 Å². The fourth-order valence-corrected chi connectivity index (χ4v) is 3.92. The number of rotatable bonds is 4. The number of halogens is 6. The van der Waals surface area contributed by atoms with E-state index in [0.717, 1.165) is 17.7 Å². The van der Waals surface area contributed by atoms with Gasteiger partial charge in [0.15, 0.2) is 0 Å². The van der Waals surface area contributed by atoms with E-state index in [-0.39, 0.29) is 11.9 Å². The van der Waals surface area contributed by atoms with Crippen LogP contribution >= 0.6 is 11.3 Å². The fourth-order valence-electron chi connectivity index (χ4n) is 3.20. The molecule has 0 radical (unpaired) electrons. The van der Waals surface area contributed by atoms with Gasteiger partial charge in [0.05, 0.1) is 34.6 Å². The van der Waals surface area contributed by atoms with Gasteiger partial charge in [-0.05, 0) is 19.1 Å². The number of thiazole rings is 1. The van der Waals surface area contributed by atoms with Crippen LogP contribution in [0.1, 0.15) is 34.7 Å². The first kappa shape index (κ1) is 23.3. The van der Waals surface area contributed by atoms with Crippen LogP contribution in [0.15, 0.2) is 37.1 Å². The first-order chi connectivity index (χ1) is 16.0. The van der Waals surface area contributed by atoms with Crippen molar-refractivity contribution in [3.63, 3.8) is 0 Å². The van der Waals surface area contributed by atoms with E-state index in [1.165, 1.54) is 18.6 Å². The van der Waals surface area contributed by atoms with Gasteiger partial charge in [0, 0.05) is 17.8 Å². The van der Waals surface area contributed by atoms with Crippen LogP contribution in [0.5, 0.6) is 0 Å². The van der Waals surface area contributed by atoms with E-state index in [0.29, 0.717) is 27.3 Å². The van der Waals surface area contributed by atoms with Gasteiger partial charge in [0.1, 0.15) is 33.8 Å². The molecule has 0 saturated carbocycles. The Bertz CT molecular complexity index is 1410. The molecule has 0 spiro atoms. The van der Waals surface area contributed by atoms with Gasteiger partial charge in [0.2, 0.25) is 0 Å². The summed E-state index contributed by atoms with van der Waals surface area (Å²) in [5.41, 5.74) is -3.08. The lowest BCUT2D eigenvalue weighted by Gasteiger charge is -2.19. The predicted octanol–water partition coefficient (Wildman–Crippen LogP) is 5.63. The zero-order chi connectivity index (χ0) is 24.7. The van der Waals surface area contributed by atoms with E-state index in [4.69, 9.17) is 5.26 Å². The van der Waals surface area contributed by atoms with E-state index >= 15 is 0 Å². The summed E-state index contributed by atoms with van der Waals surface area (Å²) in [7, 11) is 0. The Balaban J connectivity index is 1.81. The van der Waals surface area contributed by atoms with Gasteiger partial charge in [-0.25, -0.2) is 15.0 Å². The zero-order valence-corrected chi connectivity index (χ0v) is 17.7. The topological polar surface area (TPSA) is 100 Å². The molecule has 1 atom stereocenters. The van der Waals surface area contributed by atoms with Gasteiger partial charge in [-0.1, -0.05) is 0 Å². The van der Waals surface area contributed by atoms with Crippen LogP contribution in [-0.4, -0.2) is 24.9 Å². The van der Waals surface area contributed by atoms with E-state index < -0.39 is 40.4 Å². The summed E-state index contributed by atoms with van der Waals surface area (Å²) in [6.07, 6.45) is -5.14. The Morgan fingerprint density at radius 1 is 0.971 bits per heavy atom. The molecule has 174 valence electrons. The maximum Gasteiger partial charge on any atom is 0.418 e. The van der Waals surface area contributed by atoms with Gasteiger partial charge >= 0.3 is 12.4 Å². The molecule has 0 fully saturated rings. The molecule has 7 nitrogen and oxygen atoms in total. The number of benzene rings is 1. The van der Waals surface area contributed by atoms with Crippen LogP contribution in [0.4, 0.5) is 32.2 Å². The van der Waals surface area contributed by atoms with Crippen molar-refractivity contribution in [2.75, 3.05) is 5.32 Å². The van der Waals surface area contributed by atoms with Crippen molar-refractivity contribution >= 4 is 28.1 Å². The summed E-state index contributed by atoms with van der Waals surface area (Å²) >= 11 is 1.06. The zero-order valence-electron chi connectivity index (χ0n) is 16.9. The highest BCUT2D eigenvalue weighted by molar-refractivity contribution is 7.15. The third-order valence-electron chi connectivity index (χ3n) is 4.68. The van der Waals surface area contributed by atoms with Crippen LogP contribution in [0.3, 0.4) is 0 Å². The van der Waals surface area contributed by atoms with E-state index in [1.807, 2.05) is 6.07 Å². The number of hydrogen-bond acceptors (Lipinski definition) is 8. The third-order valence-corrected chi connectivity index (χ3v) is 5.59.